The summed E-state index contributed by atoms with van der Waals surface area (Å²) in [6.07, 6.45) is 4.92. The van der Waals surface area contributed by atoms with Gasteiger partial charge < -0.3 is 10.2 Å². The third kappa shape index (κ3) is 8.71. The molecule has 0 spiro atoms. The minimum Gasteiger partial charge on any atom is -0.352 e. The Morgan fingerprint density at radius 2 is 1.45 bits per heavy atom. The van der Waals surface area contributed by atoms with Crippen molar-refractivity contribution in [2.24, 2.45) is 0 Å². The Labute approximate surface area is 285 Å². The Hall–Kier alpha value is -3.92. The summed E-state index contributed by atoms with van der Waals surface area (Å²) >= 11 is 12.5. The van der Waals surface area contributed by atoms with Crippen LogP contribution in [0.25, 0.3) is 0 Å². The van der Waals surface area contributed by atoms with Crippen LogP contribution in [0.5, 0.6) is 0 Å². The van der Waals surface area contributed by atoms with Crippen molar-refractivity contribution in [3.8, 4) is 0 Å². The number of halogens is 3. The minimum absolute atomic E-state index is 0.0372. The van der Waals surface area contributed by atoms with Gasteiger partial charge in [-0.3, -0.25) is 13.9 Å². The lowest BCUT2D eigenvalue weighted by Crippen LogP contribution is -2.55. The summed E-state index contributed by atoms with van der Waals surface area (Å²) in [7, 11) is -4.41. The molecule has 47 heavy (non-hydrogen) atoms. The molecular formula is C36H36Cl2FN3O4S. The van der Waals surface area contributed by atoms with Crippen molar-refractivity contribution < 1.29 is 22.4 Å². The molecule has 1 atom stereocenters. The third-order valence-corrected chi connectivity index (χ3v) is 10.8. The predicted octanol–water partition coefficient (Wildman–Crippen LogP) is 7.42. The second-order valence-corrected chi connectivity index (χ2v) is 14.3. The molecule has 0 heterocycles. The number of nitrogens with one attached hydrogen (secondary N) is 1. The van der Waals surface area contributed by atoms with Crippen molar-refractivity contribution in [2.45, 2.75) is 62.0 Å². The molecule has 4 aromatic carbocycles. The lowest BCUT2D eigenvalue weighted by Gasteiger charge is -2.35. The molecule has 0 bridgehead atoms. The van der Waals surface area contributed by atoms with Gasteiger partial charge in [0.05, 0.1) is 20.6 Å². The van der Waals surface area contributed by atoms with Crippen molar-refractivity contribution in [3.05, 3.63) is 130 Å². The van der Waals surface area contributed by atoms with Gasteiger partial charge in [-0.15, -0.1) is 0 Å². The van der Waals surface area contributed by atoms with Crippen LogP contribution in [0, 0.1) is 5.82 Å². The average Bonchev–Trinajstić information content (AvgIpc) is 3.08. The predicted molar refractivity (Wildman–Crippen MR) is 183 cm³/mol. The number of benzene rings is 4. The Morgan fingerprint density at radius 3 is 2.11 bits per heavy atom. The Balaban J connectivity index is 1.58. The molecular weight excluding hydrogens is 660 g/mol. The summed E-state index contributed by atoms with van der Waals surface area (Å²) in [5.74, 6) is -1.86. The lowest BCUT2D eigenvalue weighted by molar-refractivity contribution is -0.140. The minimum atomic E-state index is -4.41. The number of hydrogen-bond donors (Lipinski definition) is 1. The fourth-order valence-corrected chi connectivity index (χ4v) is 7.58. The smallest absolute Gasteiger partial charge is 0.264 e. The van der Waals surface area contributed by atoms with Crippen LogP contribution in [-0.2, 0) is 32.6 Å². The van der Waals surface area contributed by atoms with Crippen LogP contribution >= 0.6 is 23.2 Å². The van der Waals surface area contributed by atoms with E-state index in [1.54, 1.807) is 36.4 Å². The Bertz CT molecular complexity index is 1790. The first-order chi connectivity index (χ1) is 22.6. The molecule has 1 saturated carbocycles. The topological polar surface area (TPSA) is 86.8 Å². The highest BCUT2D eigenvalue weighted by atomic mass is 35.5. The summed E-state index contributed by atoms with van der Waals surface area (Å²) in [4.78, 5) is 30.0. The molecule has 0 unspecified atom stereocenters. The van der Waals surface area contributed by atoms with Crippen molar-refractivity contribution in [2.75, 3.05) is 10.8 Å². The molecule has 2 amide bonds. The molecule has 0 radical (unpaired) electrons. The van der Waals surface area contributed by atoms with Gasteiger partial charge in [-0.1, -0.05) is 109 Å². The lowest BCUT2D eigenvalue weighted by atomic mass is 9.94. The molecule has 4 aromatic rings. The van der Waals surface area contributed by atoms with E-state index in [-0.39, 0.29) is 40.5 Å². The third-order valence-electron chi connectivity index (χ3n) is 8.29. The summed E-state index contributed by atoms with van der Waals surface area (Å²) in [6.45, 7) is -0.844. The van der Waals surface area contributed by atoms with Crippen molar-refractivity contribution in [1.29, 1.82) is 0 Å². The van der Waals surface area contributed by atoms with Gasteiger partial charge in [-0.2, -0.15) is 0 Å². The van der Waals surface area contributed by atoms with Gasteiger partial charge in [0.25, 0.3) is 10.0 Å². The summed E-state index contributed by atoms with van der Waals surface area (Å²) in [6, 6.07) is 26.1. The van der Waals surface area contributed by atoms with Crippen LogP contribution in [0.3, 0.4) is 0 Å². The van der Waals surface area contributed by atoms with Gasteiger partial charge in [-0.05, 0) is 60.4 Å². The van der Waals surface area contributed by atoms with Gasteiger partial charge in [0, 0.05) is 19.0 Å². The van der Waals surface area contributed by atoms with Crippen LogP contribution in [0.4, 0.5) is 10.1 Å². The highest BCUT2D eigenvalue weighted by Gasteiger charge is 2.36. The van der Waals surface area contributed by atoms with Crippen LogP contribution in [-0.4, -0.2) is 43.8 Å². The molecule has 1 N–H and O–H groups in total. The van der Waals surface area contributed by atoms with Gasteiger partial charge in [0.15, 0.2) is 0 Å². The molecule has 1 fully saturated rings. The zero-order valence-corrected chi connectivity index (χ0v) is 28.0. The summed E-state index contributed by atoms with van der Waals surface area (Å²) < 4.78 is 44.1. The number of carbonyl (C=O) groups is 2. The number of anilines is 1. The fourth-order valence-electron chi connectivity index (χ4n) is 5.82. The first-order valence-corrected chi connectivity index (χ1v) is 17.7. The molecule has 1 aliphatic rings. The van der Waals surface area contributed by atoms with E-state index in [4.69, 9.17) is 23.2 Å². The Morgan fingerprint density at radius 1 is 0.809 bits per heavy atom. The van der Waals surface area contributed by atoms with E-state index in [2.05, 4.69) is 5.32 Å². The second kappa shape index (κ2) is 15.8. The standard InChI is InChI=1S/C36H36Cl2FN3O4S/c37-30-21-20-27(22-31(30)38)24-41(34(23-26-12-4-1-5-13-26)36(44)40-28-14-6-2-7-15-28)35(43)25-42(33-19-11-10-18-32(33)39)47(45,46)29-16-8-3-9-17-29/h1,3-5,8-13,16-22,28,34H,2,6-7,14-15,23-25H2,(H,40,44)/t34-/m1/s1. The van der Waals surface area contributed by atoms with E-state index in [0.29, 0.717) is 10.6 Å². The van der Waals surface area contributed by atoms with Crippen molar-refractivity contribution in [3.63, 3.8) is 0 Å². The maximum absolute atomic E-state index is 15.3. The van der Waals surface area contributed by atoms with Gasteiger partial charge in [0.1, 0.15) is 18.4 Å². The number of carbonyl (C=O) groups excluding carboxylic acids is 2. The molecule has 0 aliphatic heterocycles. The zero-order chi connectivity index (χ0) is 33.4. The van der Waals surface area contributed by atoms with Crippen LogP contribution in [0.1, 0.15) is 43.2 Å². The first kappa shape index (κ1) is 34.4. The normalized spacial score (nSPS) is 14.3. The van der Waals surface area contributed by atoms with Crippen LogP contribution < -0.4 is 9.62 Å². The van der Waals surface area contributed by atoms with Crippen molar-refractivity contribution >= 4 is 50.7 Å². The summed E-state index contributed by atoms with van der Waals surface area (Å²) in [5.41, 5.74) is 1.11. The monoisotopic (exact) mass is 695 g/mol. The molecule has 246 valence electrons. The SMILES string of the molecule is O=C(NC1CCCCC1)[C@@H](Cc1ccccc1)N(Cc1ccc(Cl)c(Cl)c1)C(=O)CN(c1ccccc1F)S(=O)(=O)c1ccccc1. The average molecular weight is 697 g/mol. The van der Waals surface area contributed by atoms with Gasteiger partial charge >= 0.3 is 0 Å². The number of nitrogens with zero attached hydrogens (tertiary/aromatic N) is 2. The van der Waals surface area contributed by atoms with Gasteiger partial charge in [-0.25, -0.2) is 12.8 Å². The number of amides is 2. The quantitative estimate of drug-likeness (QED) is 0.167. The van der Waals surface area contributed by atoms with Crippen LogP contribution in [0.2, 0.25) is 10.0 Å². The first-order valence-electron chi connectivity index (χ1n) is 15.5. The largest absolute Gasteiger partial charge is 0.352 e. The maximum atomic E-state index is 15.3. The number of rotatable bonds is 12. The highest BCUT2D eigenvalue weighted by Crippen LogP contribution is 2.28. The molecule has 7 nitrogen and oxygen atoms in total. The van der Waals surface area contributed by atoms with E-state index in [0.717, 1.165) is 48.0 Å². The number of para-hydroxylation sites is 1. The molecule has 1 aliphatic carbocycles. The van der Waals surface area contributed by atoms with Gasteiger partial charge in [0.2, 0.25) is 11.8 Å². The van der Waals surface area contributed by atoms with E-state index in [1.165, 1.54) is 35.2 Å². The van der Waals surface area contributed by atoms with E-state index >= 15 is 4.39 Å². The molecule has 11 heteroatoms. The fraction of sp³-hybridized carbons (Fsp3) is 0.278. The maximum Gasteiger partial charge on any atom is 0.264 e. The second-order valence-electron chi connectivity index (χ2n) is 11.6. The van der Waals surface area contributed by atoms with E-state index in [1.807, 2.05) is 30.3 Å². The zero-order valence-electron chi connectivity index (χ0n) is 25.7. The van der Waals surface area contributed by atoms with Crippen molar-refractivity contribution in [1.82, 2.24) is 10.2 Å². The van der Waals surface area contributed by atoms with E-state index in [9.17, 15) is 18.0 Å². The Kier molecular flexibility index (Phi) is 11.6. The number of sulfonamides is 1. The molecule has 5 rings (SSSR count). The molecule has 0 saturated heterocycles. The highest BCUT2D eigenvalue weighted by molar-refractivity contribution is 7.92. The summed E-state index contributed by atoms with van der Waals surface area (Å²) in [5, 5.41) is 3.75. The van der Waals surface area contributed by atoms with E-state index < -0.39 is 34.3 Å². The number of hydrogen-bond acceptors (Lipinski definition) is 4. The van der Waals surface area contributed by atoms with Crippen LogP contribution in [0.15, 0.2) is 108 Å². The molecule has 0 aromatic heterocycles.